The second-order valence-corrected chi connectivity index (χ2v) is 6.80. The number of carbonyl (C=O) groups is 1. The summed E-state index contributed by atoms with van der Waals surface area (Å²) in [4.78, 5) is 17.2. The Balaban J connectivity index is 2.12. The number of ether oxygens (including phenoxy) is 1. The topological polar surface area (TPSA) is 44.8 Å². The van der Waals surface area contributed by atoms with Crippen molar-refractivity contribution in [1.29, 1.82) is 0 Å². The summed E-state index contributed by atoms with van der Waals surface area (Å²) < 4.78 is 5.16. The summed E-state index contributed by atoms with van der Waals surface area (Å²) in [6.07, 6.45) is 4.72. The van der Waals surface area contributed by atoms with E-state index in [0.717, 1.165) is 39.0 Å². The van der Waals surface area contributed by atoms with Gasteiger partial charge >= 0.3 is 5.97 Å². The molecule has 0 amide bonds. The molecule has 0 radical (unpaired) electrons. The first kappa shape index (κ1) is 16.7. The summed E-state index contributed by atoms with van der Waals surface area (Å²) in [5, 5.41) is 3.48. The van der Waals surface area contributed by atoms with E-state index in [2.05, 4.69) is 36.1 Å². The maximum absolute atomic E-state index is 12.5. The first-order valence-electron chi connectivity index (χ1n) is 8.25. The van der Waals surface area contributed by atoms with Crippen molar-refractivity contribution in [3.63, 3.8) is 0 Å². The molecule has 2 unspecified atom stereocenters. The molecule has 1 aliphatic carbocycles. The predicted octanol–water partition coefficient (Wildman–Crippen LogP) is 0.944. The van der Waals surface area contributed by atoms with E-state index in [9.17, 15) is 4.79 Å². The molecule has 0 bridgehead atoms. The number of hydrogen-bond donors (Lipinski definition) is 1. The van der Waals surface area contributed by atoms with Crippen molar-refractivity contribution in [2.45, 2.75) is 44.2 Å². The molecule has 122 valence electrons. The number of esters is 1. The highest BCUT2D eigenvalue weighted by atomic mass is 16.5. The lowest BCUT2D eigenvalue weighted by Crippen LogP contribution is -2.62. The minimum atomic E-state index is -0.502. The standard InChI is InChI=1S/C16H31N3O2/c1-5-17-16(13-8-9-13,15(20)21-4)12-19-10-6-7-14(19)11-18(2)3/h13-14,17H,5-12H2,1-4H3. The molecular weight excluding hydrogens is 266 g/mol. The van der Waals surface area contributed by atoms with Crippen LogP contribution in [0.25, 0.3) is 0 Å². The second-order valence-electron chi connectivity index (χ2n) is 6.80. The smallest absolute Gasteiger partial charge is 0.327 e. The Morgan fingerprint density at radius 3 is 2.62 bits per heavy atom. The van der Waals surface area contributed by atoms with E-state index in [1.54, 1.807) is 0 Å². The zero-order valence-corrected chi connectivity index (χ0v) is 14.0. The third kappa shape index (κ3) is 3.76. The lowest BCUT2D eigenvalue weighted by atomic mass is 9.91. The number of rotatable bonds is 8. The van der Waals surface area contributed by atoms with Gasteiger partial charge < -0.3 is 15.0 Å². The quantitative estimate of drug-likeness (QED) is 0.676. The summed E-state index contributed by atoms with van der Waals surface area (Å²) in [5.74, 6) is 0.354. The Morgan fingerprint density at radius 1 is 1.38 bits per heavy atom. The molecule has 2 aliphatic rings. The van der Waals surface area contributed by atoms with Crippen molar-refractivity contribution < 1.29 is 9.53 Å². The fourth-order valence-electron chi connectivity index (χ4n) is 3.76. The SMILES string of the molecule is CCNC(CN1CCCC1CN(C)C)(C(=O)OC)C1CC1. The van der Waals surface area contributed by atoms with E-state index < -0.39 is 5.54 Å². The minimum Gasteiger partial charge on any atom is -0.468 e. The molecule has 21 heavy (non-hydrogen) atoms. The third-order valence-electron chi connectivity index (χ3n) is 4.84. The molecule has 0 aromatic heterocycles. The van der Waals surface area contributed by atoms with Gasteiger partial charge in [0.1, 0.15) is 5.54 Å². The summed E-state index contributed by atoms with van der Waals surface area (Å²) in [7, 11) is 5.75. The molecule has 2 rings (SSSR count). The van der Waals surface area contributed by atoms with Gasteiger partial charge in [-0.15, -0.1) is 0 Å². The van der Waals surface area contributed by atoms with E-state index in [1.165, 1.54) is 20.0 Å². The average molecular weight is 297 g/mol. The molecule has 1 saturated carbocycles. The Kier molecular flexibility index (Phi) is 5.63. The normalized spacial score (nSPS) is 26.0. The summed E-state index contributed by atoms with van der Waals surface area (Å²) >= 11 is 0. The van der Waals surface area contributed by atoms with Gasteiger partial charge in [-0.05, 0) is 58.8 Å². The maximum atomic E-state index is 12.5. The van der Waals surface area contributed by atoms with Gasteiger partial charge in [-0.1, -0.05) is 6.92 Å². The van der Waals surface area contributed by atoms with Crippen LogP contribution in [-0.2, 0) is 9.53 Å². The van der Waals surface area contributed by atoms with Crippen LogP contribution in [0.4, 0.5) is 0 Å². The molecule has 0 aromatic carbocycles. The molecular formula is C16H31N3O2. The first-order chi connectivity index (χ1) is 10.0. The minimum absolute atomic E-state index is 0.0812. The van der Waals surface area contributed by atoms with Crippen molar-refractivity contribution >= 4 is 5.97 Å². The molecule has 1 saturated heterocycles. The lowest BCUT2D eigenvalue weighted by molar-refractivity contribution is -0.151. The largest absolute Gasteiger partial charge is 0.468 e. The number of methoxy groups -OCH3 is 1. The molecule has 2 fully saturated rings. The number of carbonyl (C=O) groups excluding carboxylic acids is 1. The van der Waals surface area contributed by atoms with Crippen LogP contribution in [0, 0.1) is 5.92 Å². The monoisotopic (exact) mass is 297 g/mol. The van der Waals surface area contributed by atoms with Crippen molar-refractivity contribution in [3.8, 4) is 0 Å². The van der Waals surface area contributed by atoms with E-state index in [1.807, 2.05) is 0 Å². The Hall–Kier alpha value is -0.650. The van der Waals surface area contributed by atoms with Crippen molar-refractivity contribution in [2.75, 3.05) is 47.4 Å². The van der Waals surface area contributed by atoms with Crippen LogP contribution in [0.1, 0.15) is 32.6 Å². The number of likely N-dealkylation sites (tertiary alicyclic amines) is 1. The zero-order valence-electron chi connectivity index (χ0n) is 14.0. The van der Waals surface area contributed by atoms with Crippen LogP contribution < -0.4 is 5.32 Å². The molecule has 1 heterocycles. The van der Waals surface area contributed by atoms with E-state index in [-0.39, 0.29) is 5.97 Å². The van der Waals surface area contributed by atoms with Crippen molar-refractivity contribution in [3.05, 3.63) is 0 Å². The predicted molar refractivity (Wildman–Crippen MR) is 84.3 cm³/mol. The number of hydrogen-bond acceptors (Lipinski definition) is 5. The van der Waals surface area contributed by atoms with Crippen LogP contribution in [0.15, 0.2) is 0 Å². The number of nitrogens with one attached hydrogen (secondary N) is 1. The summed E-state index contributed by atoms with van der Waals surface area (Å²) in [6.45, 7) is 5.82. The van der Waals surface area contributed by atoms with Gasteiger partial charge in [-0.2, -0.15) is 0 Å². The molecule has 5 nitrogen and oxygen atoms in total. The number of likely N-dealkylation sites (N-methyl/N-ethyl adjacent to an activating group) is 2. The average Bonchev–Trinajstić information content (AvgIpc) is 3.21. The lowest BCUT2D eigenvalue weighted by Gasteiger charge is -2.38. The third-order valence-corrected chi connectivity index (χ3v) is 4.84. The molecule has 1 N–H and O–H groups in total. The first-order valence-corrected chi connectivity index (χ1v) is 8.25. The molecule has 0 spiro atoms. The maximum Gasteiger partial charge on any atom is 0.327 e. The Morgan fingerprint density at radius 2 is 2.10 bits per heavy atom. The summed E-state index contributed by atoms with van der Waals surface area (Å²) in [5.41, 5.74) is -0.502. The van der Waals surface area contributed by atoms with Gasteiger partial charge in [-0.25, -0.2) is 4.79 Å². The zero-order chi connectivity index (χ0) is 15.5. The Labute approximate surface area is 129 Å². The van der Waals surface area contributed by atoms with Gasteiger partial charge in [0.25, 0.3) is 0 Å². The van der Waals surface area contributed by atoms with Crippen LogP contribution in [0.3, 0.4) is 0 Å². The second kappa shape index (κ2) is 7.07. The fraction of sp³-hybridized carbons (Fsp3) is 0.938. The highest BCUT2D eigenvalue weighted by molar-refractivity contribution is 5.82. The molecule has 0 aromatic rings. The van der Waals surface area contributed by atoms with Gasteiger partial charge in [0.05, 0.1) is 7.11 Å². The van der Waals surface area contributed by atoms with Crippen LogP contribution in [0.5, 0.6) is 0 Å². The molecule has 1 aliphatic heterocycles. The van der Waals surface area contributed by atoms with Gasteiger partial charge in [0, 0.05) is 19.1 Å². The van der Waals surface area contributed by atoms with Gasteiger partial charge in [0.2, 0.25) is 0 Å². The van der Waals surface area contributed by atoms with E-state index >= 15 is 0 Å². The molecule has 5 heteroatoms. The van der Waals surface area contributed by atoms with Crippen LogP contribution >= 0.6 is 0 Å². The highest BCUT2D eigenvalue weighted by Crippen LogP contribution is 2.41. The van der Waals surface area contributed by atoms with Crippen LogP contribution in [-0.4, -0.2) is 74.7 Å². The highest BCUT2D eigenvalue weighted by Gasteiger charge is 2.53. The van der Waals surface area contributed by atoms with Crippen LogP contribution in [0.2, 0.25) is 0 Å². The fourth-order valence-corrected chi connectivity index (χ4v) is 3.76. The molecule has 2 atom stereocenters. The van der Waals surface area contributed by atoms with Crippen molar-refractivity contribution in [1.82, 2.24) is 15.1 Å². The van der Waals surface area contributed by atoms with E-state index in [4.69, 9.17) is 4.74 Å². The van der Waals surface area contributed by atoms with Gasteiger partial charge in [-0.3, -0.25) is 4.90 Å². The summed E-state index contributed by atoms with van der Waals surface area (Å²) in [6, 6.07) is 0.557. The van der Waals surface area contributed by atoms with Gasteiger partial charge in [0.15, 0.2) is 0 Å². The van der Waals surface area contributed by atoms with Crippen molar-refractivity contribution in [2.24, 2.45) is 5.92 Å². The Bertz CT molecular complexity index is 357. The number of nitrogens with zero attached hydrogens (tertiary/aromatic N) is 2. The van der Waals surface area contributed by atoms with E-state index in [0.29, 0.717) is 12.0 Å².